The molecule has 0 unspecified atom stereocenters. The topological polar surface area (TPSA) is 86.0 Å². The number of halogens is 2. The Morgan fingerprint density at radius 2 is 1.84 bits per heavy atom. The standard InChI is InChI=1S/C12H16F2N4O/c1-8(17-18-12(15)16)2-3-9-4-6-10(7-5-9)19-11(13)14/h4-7,11H,2-3H2,1H3,(H4,15,16,18). The number of alkyl halides is 2. The van der Waals surface area contributed by atoms with Gasteiger partial charge in [0.1, 0.15) is 5.75 Å². The molecule has 0 fully saturated rings. The minimum atomic E-state index is -2.81. The van der Waals surface area contributed by atoms with Gasteiger partial charge in [0.15, 0.2) is 0 Å². The van der Waals surface area contributed by atoms with Crippen molar-refractivity contribution < 1.29 is 13.5 Å². The number of nitrogens with zero attached hydrogens (tertiary/aromatic N) is 2. The zero-order valence-corrected chi connectivity index (χ0v) is 10.5. The van der Waals surface area contributed by atoms with Crippen LogP contribution < -0.4 is 16.2 Å². The van der Waals surface area contributed by atoms with Crippen molar-refractivity contribution in [2.45, 2.75) is 26.4 Å². The molecule has 0 bridgehead atoms. The Labute approximate surface area is 110 Å². The van der Waals surface area contributed by atoms with Gasteiger partial charge in [-0.2, -0.15) is 13.9 Å². The quantitative estimate of drug-likeness (QED) is 0.470. The number of hydrogen-bond donors (Lipinski definition) is 2. The molecule has 1 aromatic carbocycles. The van der Waals surface area contributed by atoms with Crippen molar-refractivity contribution in [3.63, 3.8) is 0 Å². The van der Waals surface area contributed by atoms with Crippen LogP contribution in [0.5, 0.6) is 5.75 Å². The number of aryl methyl sites for hydroxylation is 1. The normalized spacial score (nSPS) is 11.5. The molecule has 1 rings (SSSR count). The summed E-state index contributed by atoms with van der Waals surface area (Å²) in [6.45, 7) is -0.999. The van der Waals surface area contributed by atoms with Gasteiger partial charge in [-0.1, -0.05) is 12.1 Å². The van der Waals surface area contributed by atoms with Crippen molar-refractivity contribution in [3.8, 4) is 5.75 Å². The fourth-order valence-electron chi connectivity index (χ4n) is 1.36. The monoisotopic (exact) mass is 270 g/mol. The van der Waals surface area contributed by atoms with E-state index >= 15 is 0 Å². The summed E-state index contributed by atoms with van der Waals surface area (Å²) in [5.41, 5.74) is 12.1. The number of nitrogens with two attached hydrogens (primary N) is 2. The van der Waals surface area contributed by atoms with E-state index in [1.54, 1.807) is 19.1 Å². The SMILES string of the molecule is CC(CCc1ccc(OC(F)F)cc1)=NN=C(N)N. The molecule has 0 aliphatic rings. The molecule has 5 nitrogen and oxygen atoms in total. The van der Waals surface area contributed by atoms with Gasteiger partial charge < -0.3 is 16.2 Å². The molecule has 0 aromatic heterocycles. The maximum absolute atomic E-state index is 12.0. The molecule has 0 aliphatic carbocycles. The minimum absolute atomic E-state index is 0.0900. The molecule has 7 heteroatoms. The first-order valence-electron chi connectivity index (χ1n) is 5.63. The highest BCUT2D eigenvalue weighted by molar-refractivity contribution is 5.83. The van der Waals surface area contributed by atoms with E-state index in [9.17, 15) is 8.78 Å². The van der Waals surface area contributed by atoms with Gasteiger partial charge in [-0.15, -0.1) is 5.10 Å². The van der Waals surface area contributed by atoms with Gasteiger partial charge in [-0.3, -0.25) is 0 Å². The summed E-state index contributed by atoms with van der Waals surface area (Å²) in [4.78, 5) is 0. The van der Waals surface area contributed by atoms with Crippen LogP contribution in [-0.2, 0) is 6.42 Å². The van der Waals surface area contributed by atoms with Gasteiger partial charge in [-0.25, -0.2) is 0 Å². The molecule has 0 heterocycles. The van der Waals surface area contributed by atoms with Gasteiger partial charge in [0.05, 0.1) is 0 Å². The van der Waals surface area contributed by atoms with E-state index in [1.165, 1.54) is 12.1 Å². The van der Waals surface area contributed by atoms with E-state index in [-0.39, 0.29) is 11.7 Å². The summed E-state index contributed by atoms with van der Waals surface area (Å²) in [5, 5.41) is 7.37. The van der Waals surface area contributed by atoms with Crippen LogP contribution in [0.15, 0.2) is 34.5 Å². The third-order valence-corrected chi connectivity index (χ3v) is 2.26. The number of benzene rings is 1. The lowest BCUT2D eigenvalue weighted by Gasteiger charge is -2.05. The van der Waals surface area contributed by atoms with E-state index in [2.05, 4.69) is 14.9 Å². The predicted octanol–water partition coefficient (Wildman–Crippen LogP) is 1.87. The predicted molar refractivity (Wildman–Crippen MR) is 70.3 cm³/mol. The summed E-state index contributed by atoms with van der Waals surface area (Å²) >= 11 is 0. The number of rotatable bonds is 6. The average molecular weight is 270 g/mol. The number of ether oxygens (including phenoxy) is 1. The molecule has 0 saturated carbocycles. The van der Waals surface area contributed by atoms with Gasteiger partial charge in [-0.05, 0) is 37.5 Å². The van der Waals surface area contributed by atoms with Crippen molar-refractivity contribution in [2.24, 2.45) is 21.7 Å². The Bertz CT molecular complexity index is 453. The van der Waals surface area contributed by atoms with E-state index in [1.807, 2.05) is 0 Å². The Kier molecular flexibility index (Phi) is 5.72. The highest BCUT2D eigenvalue weighted by Crippen LogP contribution is 2.15. The Hall–Kier alpha value is -2.18. The molecule has 1 aromatic rings. The average Bonchev–Trinajstić information content (AvgIpc) is 2.35. The van der Waals surface area contributed by atoms with Crippen LogP contribution in [-0.4, -0.2) is 18.3 Å². The van der Waals surface area contributed by atoms with Gasteiger partial charge >= 0.3 is 6.61 Å². The molecule has 0 radical (unpaired) electrons. The molecular weight excluding hydrogens is 254 g/mol. The van der Waals surface area contributed by atoms with Crippen LogP contribution in [0.4, 0.5) is 8.78 Å². The Morgan fingerprint density at radius 1 is 1.21 bits per heavy atom. The molecule has 0 aliphatic heterocycles. The van der Waals surface area contributed by atoms with Crippen LogP contribution in [0.3, 0.4) is 0 Å². The lowest BCUT2D eigenvalue weighted by Crippen LogP contribution is -2.22. The van der Waals surface area contributed by atoms with Crippen molar-refractivity contribution in [1.29, 1.82) is 0 Å². The first-order chi connectivity index (χ1) is 8.97. The van der Waals surface area contributed by atoms with Gasteiger partial charge in [0, 0.05) is 5.71 Å². The summed E-state index contributed by atoms with van der Waals surface area (Å²) < 4.78 is 28.2. The van der Waals surface area contributed by atoms with Crippen molar-refractivity contribution in [2.75, 3.05) is 0 Å². The summed E-state index contributed by atoms with van der Waals surface area (Å²) in [5.74, 6) is 0.0532. The maximum Gasteiger partial charge on any atom is 0.387 e. The molecule has 104 valence electrons. The van der Waals surface area contributed by atoms with Crippen LogP contribution in [0.25, 0.3) is 0 Å². The zero-order chi connectivity index (χ0) is 14.3. The fraction of sp³-hybridized carbons (Fsp3) is 0.333. The van der Waals surface area contributed by atoms with Crippen LogP contribution >= 0.6 is 0 Å². The maximum atomic E-state index is 12.0. The summed E-state index contributed by atoms with van der Waals surface area (Å²) in [6.07, 6.45) is 1.39. The second kappa shape index (κ2) is 7.30. The highest BCUT2D eigenvalue weighted by atomic mass is 19.3. The van der Waals surface area contributed by atoms with Crippen LogP contribution in [0.1, 0.15) is 18.9 Å². The lowest BCUT2D eigenvalue weighted by atomic mass is 10.1. The molecule has 0 spiro atoms. The minimum Gasteiger partial charge on any atom is -0.435 e. The Balaban J connectivity index is 2.50. The van der Waals surface area contributed by atoms with E-state index < -0.39 is 6.61 Å². The van der Waals surface area contributed by atoms with Crippen molar-refractivity contribution >= 4 is 11.7 Å². The summed E-state index contributed by atoms with van der Waals surface area (Å²) in [7, 11) is 0. The molecule has 19 heavy (non-hydrogen) atoms. The number of guanidine groups is 1. The largest absolute Gasteiger partial charge is 0.435 e. The van der Waals surface area contributed by atoms with Gasteiger partial charge in [0.2, 0.25) is 5.96 Å². The van der Waals surface area contributed by atoms with Crippen molar-refractivity contribution in [1.82, 2.24) is 0 Å². The molecule has 0 amide bonds. The smallest absolute Gasteiger partial charge is 0.387 e. The van der Waals surface area contributed by atoms with Crippen LogP contribution in [0, 0.1) is 0 Å². The van der Waals surface area contributed by atoms with Gasteiger partial charge in [0.25, 0.3) is 0 Å². The van der Waals surface area contributed by atoms with E-state index in [0.717, 1.165) is 11.3 Å². The second-order valence-electron chi connectivity index (χ2n) is 3.88. The first-order valence-corrected chi connectivity index (χ1v) is 5.63. The first kappa shape index (κ1) is 14.9. The molecule has 4 N–H and O–H groups in total. The highest BCUT2D eigenvalue weighted by Gasteiger charge is 2.03. The number of hydrogen-bond acceptors (Lipinski definition) is 3. The zero-order valence-electron chi connectivity index (χ0n) is 10.5. The molecule has 0 atom stereocenters. The summed E-state index contributed by atoms with van der Waals surface area (Å²) in [6, 6.07) is 6.46. The molecular formula is C12H16F2N4O. The van der Waals surface area contributed by atoms with Crippen molar-refractivity contribution in [3.05, 3.63) is 29.8 Å². The second-order valence-corrected chi connectivity index (χ2v) is 3.88. The van der Waals surface area contributed by atoms with E-state index in [4.69, 9.17) is 11.5 Å². The van der Waals surface area contributed by atoms with Crippen LogP contribution in [0.2, 0.25) is 0 Å². The van der Waals surface area contributed by atoms with E-state index in [0.29, 0.717) is 12.8 Å². The lowest BCUT2D eigenvalue weighted by molar-refractivity contribution is -0.0498. The molecule has 0 saturated heterocycles. The fourth-order valence-corrected chi connectivity index (χ4v) is 1.36. The Morgan fingerprint density at radius 3 is 2.37 bits per heavy atom. The third kappa shape index (κ3) is 6.35. The third-order valence-electron chi connectivity index (χ3n) is 2.26.